The minimum absolute atomic E-state index is 0.0945. The van der Waals surface area contributed by atoms with Crippen molar-refractivity contribution >= 4 is 5.97 Å². The second kappa shape index (κ2) is 5.16. The highest BCUT2D eigenvalue weighted by atomic mass is 16.4. The minimum Gasteiger partial charge on any atom is -0.478 e. The number of aromatic nitrogens is 4. The summed E-state index contributed by atoms with van der Waals surface area (Å²) in [4.78, 5) is 19.8. The molecule has 0 amide bonds. The van der Waals surface area contributed by atoms with Gasteiger partial charge in [0.1, 0.15) is 11.3 Å². The lowest BCUT2D eigenvalue weighted by molar-refractivity contribution is 0.0697. The molecule has 0 aliphatic heterocycles. The van der Waals surface area contributed by atoms with Crippen LogP contribution >= 0.6 is 0 Å². The van der Waals surface area contributed by atoms with Gasteiger partial charge in [-0.25, -0.2) is 14.5 Å². The molecule has 6 nitrogen and oxygen atoms in total. The van der Waals surface area contributed by atoms with Crippen LogP contribution in [0.2, 0.25) is 0 Å². The maximum absolute atomic E-state index is 11.4. The third-order valence-corrected chi connectivity index (χ3v) is 2.99. The standard InChI is InChI=1S/C15H12N4O2/c1-10-5-7-17-13(8-10)19-9-11(15(20)21)14(18-19)12-4-2-3-6-16-12/h2-9H,1H3,(H,20,21). The molecule has 3 aromatic rings. The number of pyridine rings is 2. The zero-order valence-electron chi connectivity index (χ0n) is 11.3. The fraction of sp³-hybridized carbons (Fsp3) is 0.0667. The van der Waals surface area contributed by atoms with Crippen molar-refractivity contribution < 1.29 is 9.90 Å². The van der Waals surface area contributed by atoms with E-state index in [4.69, 9.17) is 0 Å². The van der Waals surface area contributed by atoms with Gasteiger partial charge in [0.2, 0.25) is 0 Å². The lowest BCUT2D eigenvalue weighted by atomic mass is 10.2. The van der Waals surface area contributed by atoms with Crippen LogP contribution in [-0.4, -0.2) is 30.8 Å². The SMILES string of the molecule is Cc1ccnc(-n2cc(C(=O)O)c(-c3ccccn3)n2)c1. The van der Waals surface area contributed by atoms with E-state index in [1.807, 2.05) is 19.1 Å². The largest absolute Gasteiger partial charge is 0.478 e. The average Bonchev–Trinajstić information content (AvgIpc) is 2.93. The maximum Gasteiger partial charge on any atom is 0.339 e. The first-order valence-electron chi connectivity index (χ1n) is 6.32. The van der Waals surface area contributed by atoms with E-state index in [2.05, 4.69) is 15.1 Å². The monoisotopic (exact) mass is 280 g/mol. The Bertz CT molecular complexity index is 796. The molecule has 0 radical (unpaired) electrons. The van der Waals surface area contributed by atoms with Crippen molar-refractivity contribution in [2.75, 3.05) is 0 Å². The van der Waals surface area contributed by atoms with Gasteiger partial charge in [0.15, 0.2) is 5.82 Å². The summed E-state index contributed by atoms with van der Waals surface area (Å²) in [6.07, 6.45) is 4.71. The highest BCUT2D eigenvalue weighted by molar-refractivity contribution is 5.94. The van der Waals surface area contributed by atoms with Crippen LogP contribution < -0.4 is 0 Å². The van der Waals surface area contributed by atoms with Crippen LogP contribution in [0, 0.1) is 6.92 Å². The number of aromatic carboxylic acids is 1. The number of nitrogens with zero attached hydrogens (tertiary/aromatic N) is 4. The number of aryl methyl sites for hydroxylation is 1. The maximum atomic E-state index is 11.4. The fourth-order valence-corrected chi connectivity index (χ4v) is 1.99. The molecule has 0 saturated carbocycles. The molecule has 0 spiro atoms. The van der Waals surface area contributed by atoms with E-state index in [0.29, 0.717) is 17.2 Å². The zero-order chi connectivity index (χ0) is 14.8. The molecule has 21 heavy (non-hydrogen) atoms. The molecule has 1 N–H and O–H groups in total. The van der Waals surface area contributed by atoms with Gasteiger partial charge in [-0.1, -0.05) is 6.07 Å². The first-order chi connectivity index (χ1) is 10.1. The van der Waals surface area contributed by atoms with Crippen LogP contribution in [0.1, 0.15) is 15.9 Å². The van der Waals surface area contributed by atoms with E-state index in [1.54, 1.807) is 30.6 Å². The molecule has 0 bridgehead atoms. The molecule has 0 atom stereocenters. The van der Waals surface area contributed by atoms with Crippen LogP contribution in [0.15, 0.2) is 48.9 Å². The summed E-state index contributed by atoms with van der Waals surface area (Å²) in [6.45, 7) is 1.94. The minimum atomic E-state index is -1.05. The van der Waals surface area contributed by atoms with Crippen molar-refractivity contribution in [3.8, 4) is 17.2 Å². The van der Waals surface area contributed by atoms with Crippen molar-refractivity contribution in [1.82, 2.24) is 19.7 Å². The second-order valence-electron chi connectivity index (χ2n) is 4.55. The summed E-state index contributed by atoms with van der Waals surface area (Å²) in [5.41, 5.74) is 1.96. The number of carboxylic acid groups (broad SMARTS) is 1. The van der Waals surface area contributed by atoms with E-state index in [-0.39, 0.29) is 5.56 Å². The van der Waals surface area contributed by atoms with Crippen molar-refractivity contribution in [2.24, 2.45) is 0 Å². The van der Waals surface area contributed by atoms with E-state index < -0.39 is 5.97 Å². The first-order valence-corrected chi connectivity index (χ1v) is 6.32. The second-order valence-corrected chi connectivity index (χ2v) is 4.55. The van der Waals surface area contributed by atoms with Gasteiger partial charge in [-0.05, 0) is 36.8 Å². The normalized spacial score (nSPS) is 10.5. The number of hydrogen-bond acceptors (Lipinski definition) is 4. The molecule has 0 saturated heterocycles. The predicted molar refractivity (Wildman–Crippen MR) is 76.3 cm³/mol. The van der Waals surface area contributed by atoms with Crippen LogP contribution in [0.4, 0.5) is 0 Å². The van der Waals surface area contributed by atoms with Gasteiger partial charge in [0.25, 0.3) is 0 Å². The summed E-state index contributed by atoms with van der Waals surface area (Å²) in [6, 6.07) is 8.98. The molecule has 0 aliphatic carbocycles. The van der Waals surface area contributed by atoms with Crippen molar-refractivity contribution in [2.45, 2.75) is 6.92 Å². The van der Waals surface area contributed by atoms with Gasteiger partial charge in [0, 0.05) is 18.6 Å². The highest BCUT2D eigenvalue weighted by Crippen LogP contribution is 2.21. The zero-order valence-corrected chi connectivity index (χ0v) is 11.3. The van der Waals surface area contributed by atoms with Crippen molar-refractivity contribution in [1.29, 1.82) is 0 Å². The topological polar surface area (TPSA) is 80.9 Å². The molecular formula is C15H12N4O2. The smallest absolute Gasteiger partial charge is 0.339 e. The van der Waals surface area contributed by atoms with Gasteiger partial charge in [-0.15, -0.1) is 0 Å². The van der Waals surface area contributed by atoms with Gasteiger partial charge < -0.3 is 5.11 Å². The Labute approximate surface area is 120 Å². The lowest BCUT2D eigenvalue weighted by Gasteiger charge is -2.00. The Hall–Kier alpha value is -3.02. The van der Waals surface area contributed by atoms with E-state index >= 15 is 0 Å². The quantitative estimate of drug-likeness (QED) is 0.796. The van der Waals surface area contributed by atoms with Gasteiger partial charge in [-0.2, -0.15) is 5.10 Å². The van der Waals surface area contributed by atoms with Gasteiger partial charge in [-0.3, -0.25) is 4.98 Å². The highest BCUT2D eigenvalue weighted by Gasteiger charge is 2.18. The molecule has 0 fully saturated rings. The molecule has 3 aromatic heterocycles. The fourth-order valence-electron chi connectivity index (χ4n) is 1.99. The number of carboxylic acids is 1. The molecule has 3 rings (SSSR count). The van der Waals surface area contributed by atoms with E-state index in [9.17, 15) is 9.90 Å². The predicted octanol–water partition coefficient (Wildman–Crippen LogP) is 2.34. The average molecular weight is 280 g/mol. The van der Waals surface area contributed by atoms with Crippen LogP contribution in [-0.2, 0) is 0 Å². The Morgan fingerprint density at radius 3 is 2.71 bits per heavy atom. The molecule has 0 unspecified atom stereocenters. The van der Waals surface area contributed by atoms with Crippen LogP contribution in [0.25, 0.3) is 17.2 Å². The summed E-state index contributed by atoms with van der Waals surface area (Å²) in [5, 5.41) is 13.7. The Morgan fingerprint density at radius 1 is 1.19 bits per heavy atom. The Balaban J connectivity index is 2.15. The summed E-state index contributed by atoms with van der Waals surface area (Å²) < 4.78 is 1.46. The first kappa shape index (κ1) is 13.0. The summed E-state index contributed by atoms with van der Waals surface area (Å²) in [5.74, 6) is -0.478. The summed E-state index contributed by atoms with van der Waals surface area (Å²) >= 11 is 0. The van der Waals surface area contributed by atoms with Crippen molar-refractivity contribution in [3.05, 3.63) is 60.0 Å². The Kier molecular flexibility index (Phi) is 3.19. The molecule has 3 heterocycles. The van der Waals surface area contributed by atoms with Crippen LogP contribution in [0.3, 0.4) is 0 Å². The third-order valence-electron chi connectivity index (χ3n) is 2.99. The molecule has 104 valence electrons. The van der Waals surface area contributed by atoms with Crippen molar-refractivity contribution in [3.63, 3.8) is 0 Å². The third kappa shape index (κ3) is 2.51. The molecule has 6 heteroatoms. The molecule has 0 aliphatic rings. The number of hydrogen-bond donors (Lipinski definition) is 1. The van der Waals surface area contributed by atoms with E-state index in [0.717, 1.165) is 5.56 Å². The number of carbonyl (C=O) groups is 1. The van der Waals surface area contributed by atoms with Gasteiger partial charge >= 0.3 is 5.97 Å². The molecular weight excluding hydrogens is 268 g/mol. The van der Waals surface area contributed by atoms with Crippen LogP contribution in [0.5, 0.6) is 0 Å². The van der Waals surface area contributed by atoms with Gasteiger partial charge in [0.05, 0.1) is 5.69 Å². The summed E-state index contributed by atoms with van der Waals surface area (Å²) in [7, 11) is 0. The van der Waals surface area contributed by atoms with E-state index in [1.165, 1.54) is 10.9 Å². The lowest BCUT2D eigenvalue weighted by Crippen LogP contribution is -1.98. The molecule has 0 aromatic carbocycles. The number of rotatable bonds is 3. The Morgan fingerprint density at radius 2 is 2.05 bits per heavy atom.